The summed E-state index contributed by atoms with van der Waals surface area (Å²) >= 11 is 2.10. The Labute approximate surface area is 200 Å². The van der Waals surface area contributed by atoms with E-state index in [1.807, 2.05) is 26.0 Å². The summed E-state index contributed by atoms with van der Waals surface area (Å²) in [6, 6.07) is 9.74. The molecule has 0 bridgehead atoms. The molecule has 0 aliphatic carbocycles. The van der Waals surface area contributed by atoms with Crippen LogP contribution in [0.25, 0.3) is 6.08 Å². The van der Waals surface area contributed by atoms with Crippen LogP contribution in [0.15, 0.2) is 54.6 Å². The number of carbonyl (C=O) groups is 3. The molecule has 0 aromatic heterocycles. The first-order chi connectivity index (χ1) is 15.4. The lowest BCUT2D eigenvalue weighted by atomic mass is 10.1. The molecule has 166 valence electrons. The number of urea groups is 1. The second kappa shape index (κ2) is 10.4. The molecule has 0 saturated carbocycles. The van der Waals surface area contributed by atoms with Crippen LogP contribution in [0.5, 0.6) is 11.5 Å². The molecule has 2 aromatic rings. The highest BCUT2D eigenvalue weighted by Crippen LogP contribution is 2.35. The van der Waals surface area contributed by atoms with Gasteiger partial charge in [0.15, 0.2) is 11.5 Å². The zero-order valence-electron chi connectivity index (χ0n) is 17.8. The SMILES string of the molecule is C=CCOc1c(I)cc(/C=C2/C(=O)NC(=O)N(c3ccc(CC)cc3)C2=O)cc1OCC. The third kappa shape index (κ3) is 5.01. The van der Waals surface area contributed by atoms with E-state index in [1.165, 1.54) is 6.08 Å². The van der Waals surface area contributed by atoms with Crippen LogP contribution < -0.4 is 19.7 Å². The van der Waals surface area contributed by atoms with Crippen molar-refractivity contribution in [1.82, 2.24) is 5.32 Å². The molecule has 7 nitrogen and oxygen atoms in total. The third-order valence-electron chi connectivity index (χ3n) is 4.69. The Kier molecular flexibility index (Phi) is 7.68. The zero-order chi connectivity index (χ0) is 23.3. The highest BCUT2D eigenvalue weighted by Gasteiger charge is 2.36. The molecule has 1 heterocycles. The molecule has 1 aliphatic heterocycles. The number of benzene rings is 2. The molecular formula is C24H23IN2O5. The minimum absolute atomic E-state index is 0.151. The highest BCUT2D eigenvalue weighted by atomic mass is 127. The van der Waals surface area contributed by atoms with E-state index in [-0.39, 0.29) is 5.57 Å². The van der Waals surface area contributed by atoms with Gasteiger partial charge in [-0.1, -0.05) is 31.7 Å². The van der Waals surface area contributed by atoms with Gasteiger partial charge in [0.1, 0.15) is 12.2 Å². The number of carbonyl (C=O) groups excluding carboxylic acids is 3. The van der Waals surface area contributed by atoms with Gasteiger partial charge in [0, 0.05) is 0 Å². The van der Waals surface area contributed by atoms with Crippen molar-refractivity contribution in [2.45, 2.75) is 20.3 Å². The van der Waals surface area contributed by atoms with E-state index in [9.17, 15) is 14.4 Å². The molecule has 4 amide bonds. The van der Waals surface area contributed by atoms with E-state index in [2.05, 4.69) is 34.5 Å². The molecule has 1 saturated heterocycles. The number of halogens is 1. The number of rotatable bonds is 8. The van der Waals surface area contributed by atoms with E-state index in [0.29, 0.717) is 36.0 Å². The van der Waals surface area contributed by atoms with Crippen molar-refractivity contribution in [2.24, 2.45) is 0 Å². The maximum atomic E-state index is 13.1. The maximum absolute atomic E-state index is 13.1. The van der Waals surface area contributed by atoms with E-state index in [1.54, 1.807) is 30.3 Å². The number of hydrogen-bond donors (Lipinski definition) is 1. The topological polar surface area (TPSA) is 84.9 Å². The first-order valence-corrected chi connectivity index (χ1v) is 11.2. The zero-order valence-corrected chi connectivity index (χ0v) is 20.0. The number of anilines is 1. The number of ether oxygens (including phenoxy) is 2. The average Bonchev–Trinajstić information content (AvgIpc) is 2.76. The summed E-state index contributed by atoms with van der Waals surface area (Å²) in [5.41, 5.74) is 1.88. The van der Waals surface area contributed by atoms with Crippen LogP contribution in [-0.4, -0.2) is 31.1 Å². The van der Waals surface area contributed by atoms with Gasteiger partial charge in [0.05, 0.1) is 15.9 Å². The number of barbiturate groups is 1. The van der Waals surface area contributed by atoms with Gasteiger partial charge in [-0.2, -0.15) is 0 Å². The Morgan fingerprint density at radius 1 is 1.09 bits per heavy atom. The van der Waals surface area contributed by atoms with E-state index >= 15 is 0 Å². The summed E-state index contributed by atoms with van der Waals surface area (Å²) in [5.74, 6) is -0.397. The Morgan fingerprint density at radius 3 is 2.44 bits per heavy atom. The summed E-state index contributed by atoms with van der Waals surface area (Å²) in [4.78, 5) is 39.0. The van der Waals surface area contributed by atoms with Crippen molar-refractivity contribution in [1.29, 1.82) is 0 Å². The molecule has 1 fully saturated rings. The lowest BCUT2D eigenvalue weighted by Gasteiger charge is -2.26. The Balaban J connectivity index is 2.00. The number of imide groups is 2. The first-order valence-electron chi connectivity index (χ1n) is 10.1. The van der Waals surface area contributed by atoms with Gasteiger partial charge in [-0.05, 0) is 77.4 Å². The van der Waals surface area contributed by atoms with Gasteiger partial charge in [0.2, 0.25) is 0 Å². The van der Waals surface area contributed by atoms with Crippen molar-refractivity contribution in [3.8, 4) is 11.5 Å². The maximum Gasteiger partial charge on any atom is 0.335 e. The van der Waals surface area contributed by atoms with E-state index < -0.39 is 17.8 Å². The van der Waals surface area contributed by atoms with Gasteiger partial charge in [-0.3, -0.25) is 14.9 Å². The van der Waals surface area contributed by atoms with Crippen LogP contribution >= 0.6 is 22.6 Å². The first kappa shape index (κ1) is 23.5. The summed E-state index contributed by atoms with van der Waals surface area (Å²) < 4.78 is 12.1. The fraction of sp³-hybridized carbons (Fsp3) is 0.208. The molecule has 32 heavy (non-hydrogen) atoms. The molecule has 0 radical (unpaired) electrons. The second-order valence-corrected chi connectivity index (χ2v) is 8.00. The van der Waals surface area contributed by atoms with Gasteiger partial charge in [-0.15, -0.1) is 0 Å². The Bertz CT molecular complexity index is 1090. The average molecular weight is 546 g/mol. The van der Waals surface area contributed by atoms with Crippen LogP contribution in [0, 0.1) is 3.57 Å². The molecular weight excluding hydrogens is 523 g/mol. The van der Waals surface area contributed by atoms with Crippen molar-refractivity contribution in [2.75, 3.05) is 18.1 Å². The number of nitrogens with one attached hydrogen (secondary N) is 1. The fourth-order valence-electron chi connectivity index (χ4n) is 3.16. The monoisotopic (exact) mass is 546 g/mol. The fourth-order valence-corrected chi connectivity index (χ4v) is 3.94. The number of nitrogens with zero attached hydrogens (tertiary/aromatic N) is 1. The third-order valence-corrected chi connectivity index (χ3v) is 5.49. The van der Waals surface area contributed by atoms with Crippen LogP contribution in [0.2, 0.25) is 0 Å². The Hall–Kier alpha value is -3.14. The van der Waals surface area contributed by atoms with Crippen LogP contribution in [0.1, 0.15) is 25.0 Å². The van der Waals surface area contributed by atoms with Crippen LogP contribution in [-0.2, 0) is 16.0 Å². The number of amides is 4. The number of hydrogen-bond acceptors (Lipinski definition) is 5. The van der Waals surface area contributed by atoms with Gasteiger partial charge in [-0.25, -0.2) is 9.69 Å². The molecule has 0 atom stereocenters. The van der Waals surface area contributed by atoms with Gasteiger partial charge < -0.3 is 9.47 Å². The lowest BCUT2D eigenvalue weighted by Crippen LogP contribution is -2.54. The highest BCUT2D eigenvalue weighted by molar-refractivity contribution is 14.1. The van der Waals surface area contributed by atoms with Crippen molar-refractivity contribution in [3.63, 3.8) is 0 Å². The van der Waals surface area contributed by atoms with Crippen molar-refractivity contribution >= 4 is 52.2 Å². The molecule has 2 aromatic carbocycles. The minimum Gasteiger partial charge on any atom is -0.490 e. The predicted octanol–water partition coefficient (Wildman–Crippen LogP) is 4.48. The van der Waals surface area contributed by atoms with Crippen LogP contribution in [0.3, 0.4) is 0 Å². The second-order valence-electron chi connectivity index (χ2n) is 6.84. The smallest absolute Gasteiger partial charge is 0.335 e. The largest absolute Gasteiger partial charge is 0.490 e. The lowest BCUT2D eigenvalue weighted by molar-refractivity contribution is -0.122. The summed E-state index contributed by atoms with van der Waals surface area (Å²) in [6.45, 7) is 8.23. The molecule has 8 heteroatoms. The predicted molar refractivity (Wildman–Crippen MR) is 131 cm³/mol. The molecule has 1 aliphatic rings. The van der Waals surface area contributed by atoms with Gasteiger partial charge >= 0.3 is 6.03 Å². The van der Waals surface area contributed by atoms with E-state index in [4.69, 9.17) is 9.47 Å². The molecule has 0 unspecified atom stereocenters. The van der Waals surface area contributed by atoms with E-state index in [0.717, 1.165) is 20.5 Å². The standard InChI is InChI=1S/C24H23IN2O5/c1-4-11-32-21-19(25)13-16(14-20(21)31-6-3)12-18-22(28)26-24(30)27(23(18)29)17-9-7-15(5-2)8-10-17/h4,7-10,12-14H,1,5-6,11H2,2-3H3,(H,26,28,30)/b18-12-. The number of aryl methyl sites for hydroxylation is 1. The van der Waals surface area contributed by atoms with Crippen LogP contribution in [0.4, 0.5) is 10.5 Å². The summed E-state index contributed by atoms with van der Waals surface area (Å²) in [7, 11) is 0. The Morgan fingerprint density at radius 2 is 1.81 bits per heavy atom. The minimum atomic E-state index is -0.779. The van der Waals surface area contributed by atoms with Crippen molar-refractivity contribution < 1.29 is 23.9 Å². The molecule has 3 rings (SSSR count). The molecule has 1 N–H and O–H groups in total. The normalized spacial score (nSPS) is 15.0. The quantitative estimate of drug-likeness (QED) is 0.229. The summed E-state index contributed by atoms with van der Waals surface area (Å²) in [6.07, 6.45) is 3.90. The van der Waals surface area contributed by atoms with Gasteiger partial charge in [0.25, 0.3) is 11.8 Å². The summed E-state index contributed by atoms with van der Waals surface area (Å²) in [5, 5.41) is 2.24. The molecule has 0 spiro atoms. The van der Waals surface area contributed by atoms with Crippen molar-refractivity contribution in [3.05, 3.63) is 69.3 Å².